The number of carboxylic acids is 1. The predicted octanol–water partition coefficient (Wildman–Crippen LogP) is 2.20. The number of benzene rings is 1. The molecule has 0 saturated heterocycles. The first-order valence-electron chi connectivity index (χ1n) is 4.98. The molecule has 1 aromatic rings. The minimum Gasteiger partial charge on any atom is -0.505 e. The van der Waals surface area contributed by atoms with E-state index in [9.17, 15) is 14.3 Å². The number of nitrogens with two attached hydrogens (primary N) is 1. The molecule has 17 heavy (non-hydrogen) atoms. The van der Waals surface area contributed by atoms with E-state index in [1.165, 1.54) is 6.07 Å². The molecule has 4 N–H and O–H groups in total. The maximum atomic E-state index is 13.3. The lowest BCUT2D eigenvalue weighted by Crippen LogP contribution is -2.12. The summed E-state index contributed by atoms with van der Waals surface area (Å²) in [7, 11) is 0. The Balaban J connectivity index is 3.22. The van der Waals surface area contributed by atoms with Gasteiger partial charge in [-0.15, -0.1) is 6.58 Å². The molecule has 0 saturated carbocycles. The van der Waals surface area contributed by atoms with Crippen molar-refractivity contribution in [1.82, 2.24) is 0 Å². The van der Waals surface area contributed by atoms with Gasteiger partial charge in [-0.1, -0.05) is 5.57 Å². The van der Waals surface area contributed by atoms with Crippen LogP contribution in [0.4, 0.5) is 4.39 Å². The van der Waals surface area contributed by atoms with E-state index >= 15 is 0 Å². The summed E-state index contributed by atoms with van der Waals surface area (Å²) in [5.41, 5.74) is 6.35. The lowest BCUT2D eigenvalue weighted by Gasteiger charge is -2.14. The van der Waals surface area contributed by atoms with Gasteiger partial charge in [0.1, 0.15) is 0 Å². The number of aromatic hydroxyl groups is 1. The van der Waals surface area contributed by atoms with Crippen LogP contribution >= 0.6 is 0 Å². The van der Waals surface area contributed by atoms with E-state index in [2.05, 4.69) is 6.58 Å². The number of halogens is 1. The summed E-state index contributed by atoms with van der Waals surface area (Å²) in [5.74, 6) is -2.87. The summed E-state index contributed by atoms with van der Waals surface area (Å²) in [6.07, 6.45) is 0.343. The fourth-order valence-electron chi connectivity index (χ4n) is 1.51. The van der Waals surface area contributed by atoms with Crippen molar-refractivity contribution in [3.05, 3.63) is 41.2 Å². The lowest BCUT2D eigenvalue weighted by molar-refractivity contribution is 0.0696. The van der Waals surface area contributed by atoms with Crippen LogP contribution in [0.25, 0.3) is 0 Å². The number of hydrogen-bond donors (Lipinski definition) is 3. The minimum atomic E-state index is -1.27. The van der Waals surface area contributed by atoms with Crippen molar-refractivity contribution >= 4 is 5.97 Å². The van der Waals surface area contributed by atoms with Gasteiger partial charge in [0.05, 0.1) is 5.56 Å². The molecular formula is C12H14FNO3. The highest BCUT2D eigenvalue weighted by atomic mass is 19.1. The van der Waals surface area contributed by atoms with Crippen LogP contribution in [-0.2, 0) is 0 Å². The molecule has 0 bridgehead atoms. The van der Waals surface area contributed by atoms with Gasteiger partial charge in [-0.25, -0.2) is 9.18 Å². The monoisotopic (exact) mass is 239 g/mol. The van der Waals surface area contributed by atoms with Gasteiger partial charge in [0, 0.05) is 11.6 Å². The Morgan fingerprint density at radius 3 is 2.65 bits per heavy atom. The number of hydrogen-bond acceptors (Lipinski definition) is 3. The lowest BCUT2D eigenvalue weighted by atomic mass is 9.98. The van der Waals surface area contributed by atoms with Gasteiger partial charge in [-0.2, -0.15) is 0 Å². The van der Waals surface area contributed by atoms with Gasteiger partial charge in [-0.05, 0) is 25.5 Å². The highest BCUT2D eigenvalue weighted by molar-refractivity contribution is 5.88. The largest absolute Gasteiger partial charge is 0.505 e. The maximum absolute atomic E-state index is 13.3. The Morgan fingerprint density at radius 2 is 2.18 bits per heavy atom. The summed E-state index contributed by atoms with van der Waals surface area (Å²) in [6.45, 7) is 5.40. The molecule has 0 aliphatic rings. The van der Waals surface area contributed by atoms with Crippen molar-refractivity contribution in [2.75, 3.05) is 0 Å². The molecule has 0 radical (unpaired) electrons. The Labute approximate surface area is 98.2 Å². The normalized spacial score (nSPS) is 12.2. The number of phenols is 1. The van der Waals surface area contributed by atoms with Crippen LogP contribution in [0.2, 0.25) is 0 Å². The Kier molecular flexibility index (Phi) is 3.85. The summed E-state index contributed by atoms with van der Waals surface area (Å²) in [5, 5.41) is 18.3. The molecule has 0 spiro atoms. The minimum absolute atomic E-state index is 0.0744. The van der Waals surface area contributed by atoms with Crippen molar-refractivity contribution in [1.29, 1.82) is 0 Å². The van der Waals surface area contributed by atoms with Crippen LogP contribution in [0.15, 0.2) is 24.3 Å². The van der Waals surface area contributed by atoms with Gasteiger partial charge in [0.2, 0.25) is 0 Å². The zero-order valence-corrected chi connectivity index (χ0v) is 9.40. The smallest absolute Gasteiger partial charge is 0.335 e. The van der Waals surface area contributed by atoms with E-state index in [0.717, 1.165) is 11.6 Å². The van der Waals surface area contributed by atoms with Gasteiger partial charge >= 0.3 is 5.97 Å². The molecule has 1 atom stereocenters. The molecule has 0 unspecified atom stereocenters. The third-order valence-corrected chi connectivity index (χ3v) is 2.31. The van der Waals surface area contributed by atoms with E-state index in [0.29, 0.717) is 6.42 Å². The number of carboxylic acid groups (broad SMARTS) is 1. The fraction of sp³-hybridized carbons (Fsp3) is 0.250. The van der Waals surface area contributed by atoms with Crippen LogP contribution in [0.5, 0.6) is 5.75 Å². The van der Waals surface area contributed by atoms with Crippen LogP contribution in [-0.4, -0.2) is 16.2 Å². The average Bonchev–Trinajstić information content (AvgIpc) is 2.20. The Hall–Kier alpha value is -1.88. The van der Waals surface area contributed by atoms with Crippen LogP contribution in [0.3, 0.4) is 0 Å². The zero-order chi connectivity index (χ0) is 13.2. The number of aromatic carboxylic acids is 1. The summed E-state index contributed by atoms with van der Waals surface area (Å²) in [4.78, 5) is 10.8. The standard InChI is InChI=1S/C12H14FNO3/c1-6(2)3-10(14)8-4-7(12(16)17)5-9(13)11(8)15/h4-5,10,15H,1,3,14H2,2H3,(H,16,17)/t10-/m1/s1. The molecule has 0 aliphatic heterocycles. The molecule has 1 rings (SSSR count). The fourth-order valence-corrected chi connectivity index (χ4v) is 1.51. The topological polar surface area (TPSA) is 83.6 Å². The molecule has 1 aromatic carbocycles. The van der Waals surface area contributed by atoms with E-state index in [1.807, 2.05) is 0 Å². The zero-order valence-electron chi connectivity index (χ0n) is 9.40. The molecular weight excluding hydrogens is 225 g/mol. The van der Waals surface area contributed by atoms with Gasteiger partial charge in [0.25, 0.3) is 0 Å². The highest BCUT2D eigenvalue weighted by Gasteiger charge is 2.18. The summed E-state index contributed by atoms with van der Waals surface area (Å²) in [6, 6.07) is 1.25. The molecule has 0 aromatic heterocycles. The van der Waals surface area contributed by atoms with Crippen molar-refractivity contribution in [2.45, 2.75) is 19.4 Å². The van der Waals surface area contributed by atoms with Gasteiger partial charge < -0.3 is 15.9 Å². The SMILES string of the molecule is C=C(C)C[C@@H](N)c1cc(C(=O)O)cc(F)c1O. The Bertz CT molecular complexity index is 471. The van der Waals surface area contributed by atoms with E-state index < -0.39 is 23.6 Å². The highest BCUT2D eigenvalue weighted by Crippen LogP contribution is 2.30. The predicted molar refractivity (Wildman–Crippen MR) is 61.4 cm³/mol. The second-order valence-corrected chi connectivity index (χ2v) is 3.97. The quantitative estimate of drug-likeness (QED) is 0.703. The first-order chi connectivity index (χ1) is 7.82. The summed E-state index contributed by atoms with van der Waals surface area (Å²) < 4.78 is 13.3. The number of carbonyl (C=O) groups is 1. The molecule has 0 aliphatic carbocycles. The summed E-state index contributed by atoms with van der Waals surface area (Å²) >= 11 is 0. The third kappa shape index (κ3) is 3.04. The van der Waals surface area contributed by atoms with E-state index in [1.54, 1.807) is 6.92 Å². The molecule has 92 valence electrons. The first kappa shape index (κ1) is 13.2. The van der Waals surface area contributed by atoms with E-state index in [-0.39, 0.29) is 11.1 Å². The van der Waals surface area contributed by atoms with Crippen LogP contribution < -0.4 is 5.73 Å². The molecule has 0 heterocycles. The average molecular weight is 239 g/mol. The van der Waals surface area contributed by atoms with Crippen LogP contribution in [0, 0.1) is 5.82 Å². The third-order valence-electron chi connectivity index (χ3n) is 2.31. The maximum Gasteiger partial charge on any atom is 0.335 e. The molecule has 0 amide bonds. The Morgan fingerprint density at radius 1 is 1.59 bits per heavy atom. The number of rotatable bonds is 4. The number of phenolic OH excluding ortho intramolecular Hbond substituents is 1. The second-order valence-electron chi connectivity index (χ2n) is 3.97. The van der Waals surface area contributed by atoms with Gasteiger partial charge in [0.15, 0.2) is 11.6 Å². The second kappa shape index (κ2) is 4.97. The molecule has 0 fully saturated rings. The van der Waals surface area contributed by atoms with Crippen LogP contribution in [0.1, 0.15) is 35.3 Å². The van der Waals surface area contributed by atoms with E-state index in [4.69, 9.17) is 10.8 Å². The molecule has 5 heteroatoms. The first-order valence-corrected chi connectivity index (χ1v) is 4.98. The molecule has 4 nitrogen and oxygen atoms in total. The van der Waals surface area contributed by atoms with Gasteiger partial charge in [-0.3, -0.25) is 0 Å². The van der Waals surface area contributed by atoms with Crippen molar-refractivity contribution in [3.63, 3.8) is 0 Å². The van der Waals surface area contributed by atoms with Crippen molar-refractivity contribution in [2.24, 2.45) is 5.73 Å². The van der Waals surface area contributed by atoms with Crippen molar-refractivity contribution < 1.29 is 19.4 Å². The van der Waals surface area contributed by atoms with Crippen molar-refractivity contribution in [3.8, 4) is 5.75 Å².